The van der Waals surface area contributed by atoms with Crippen molar-refractivity contribution < 1.29 is 45.3 Å². The van der Waals surface area contributed by atoms with Crippen LogP contribution in [0.3, 0.4) is 0 Å². The van der Waals surface area contributed by atoms with Crippen molar-refractivity contribution in [2.24, 2.45) is 0 Å². The fraction of sp³-hybridized carbons (Fsp3) is 0.176. The van der Waals surface area contributed by atoms with Crippen LogP contribution in [0.2, 0.25) is 0 Å². The number of rotatable bonds is 7. The highest BCUT2D eigenvalue weighted by Gasteiger charge is 2.49. The molecule has 0 bridgehead atoms. The first-order valence-corrected chi connectivity index (χ1v) is 9.22. The summed E-state index contributed by atoms with van der Waals surface area (Å²) in [5, 5.41) is 20.7. The van der Waals surface area contributed by atoms with Gasteiger partial charge in [-0.15, -0.1) is 0 Å². The van der Waals surface area contributed by atoms with Crippen LogP contribution < -0.4 is 13.7 Å². The van der Waals surface area contributed by atoms with Gasteiger partial charge in [0.2, 0.25) is 0 Å². The van der Waals surface area contributed by atoms with E-state index >= 15 is 0 Å². The number of hydrogen-bond donors (Lipinski definition) is 1. The number of non-ortho nitro benzene ring substituents is 1. The average Bonchev–Trinajstić information content (AvgIpc) is 2.66. The third-order valence-corrected chi connectivity index (χ3v) is 4.59. The van der Waals surface area contributed by atoms with Gasteiger partial charge in [-0.2, -0.15) is 21.6 Å². The standard InChI is InChI=1S/C17H14F3NO8S/c1-27-14-7-10(4-6-13(14)22)3-5-11-8-12(21(23)24)9-15(28-2)16(11)29-30(25,26)17(18,19)20/h3-9,22H,1-2H3. The lowest BCUT2D eigenvalue weighted by atomic mass is 10.1. The Hall–Kier alpha value is -3.48. The molecule has 0 saturated heterocycles. The third-order valence-electron chi connectivity index (χ3n) is 3.63. The van der Waals surface area contributed by atoms with Gasteiger partial charge in [0.1, 0.15) is 0 Å². The van der Waals surface area contributed by atoms with E-state index in [9.17, 15) is 36.8 Å². The van der Waals surface area contributed by atoms with Crippen LogP contribution >= 0.6 is 0 Å². The number of alkyl halides is 3. The normalized spacial score (nSPS) is 12.0. The molecule has 30 heavy (non-hydrogen) atoms. The lowest BCUT2D eigenvalue weighted by Crippen LogP contribution is -2.28. The van der Waals surface area contributed by atoms with Crippen LogP contribution in [0.1, 0.15) is 11.1 Å². The minimum atomic E-state index is -6.08. The number of aromatic hydroxyl groups is 1. The summed E-state index contributed by atoms with van der Waals surface area (Å²) in [7, 11) is -3.80. The number of nitro groups is 1. The fourth-order valence-electron chi connectivity index (χ4n) is 2.22. The third kappa shape index (κ3) is 4.92. The van der Waals surface area contributed by atoms with Gasteiger partial charge in [-0.3, -0.25) is 10.1 Å². The predicted octanol–water partition coefficient (Wildman–Crippen LogP) is 3.72. The molecular weight excluding hydrogens is 435 g/mol. The van der Waals surface area contributed by atoms with E-state index in [2.05, 4.69) is 4.18 Å². The van der Waals surface area contributed by atoms with Crippen LogP contribution in [0.25, 0.3) is 12.2 Å². The SMILES string of the molecule is COc1cc(C=Cc2cc([N+](=O)[O-])cc(OC)c2OS(=O)(=O)C(F)(F)F)ccc1O. The minimum Gasteiger partial charge on any atom is -0.504 e. The van der Waals surface area contributed by atoms with Gasteiger partial charge in [-0.05, 0) is 17.7 Å². The van der Waals surface area contributed by atoms with Gasteiger partial charge in [0, 0.05) is 11.6 Å². The second-order valence-corrected chi connectivity index (χ2v) is 7.11. The second-order valence-electron chi connectivity index (χ2n) is 5.57. The van der Waals surface area contributed by atoms with Gasteiger partial charge in [0.25, 0.3) is 5.69 Å². The van der Waals surface area contributed by atoms with E-state index in [4.69, 9.17) is 9.47 Å². The number of nitrogens with zero attached hydrogens (tertiary/aromatic N) is 1. The fourth-order valence-corrected chi connectivity index (χ4v) is 2.71. The Labute approximate surface area is 168 Å². The molecule has 162 valence electrons. The first-order chi connectivity index (χ1) is 13.9. The van der Waals surface area contributed by atoms with Gasteiger partial charge in [-0.1, -0.05) is 18.2 Å². The number of phenolic OH excluding ortho intramolecular Hbond substituents is 1. The van der Waals surface area contributed by atoms with Crippen molar-refractivity contribution in [1.29, 1.82) is 0 Å². The zero-order chi connectivity index (χ0) is 22.7. The van der Waals surface area contributed by atoms with Crippen molar-refractivity contribution in [2.75, 3.05) is 14.2 Å². The average molecular weight is 449 g/mol. The van der Waals surface area contributed by atoms with Crippen molar-refractivity contribution in [3.05, 3.63) is 51.6 Å². The summed E-state index contributed by atoms with van der Waals surface area (Å²) in [4.78, 5) is 10.3. The summed E-state index contributed by atoms with van der Waals surface area (Å²) in [6, 6.07) is 5.60. The molecule has 2 aromatic rings. The minimum absolute atomic E-state index is 0.0879. The van der Waals surface area contributed by atoms with Gasteiger partial charge < -0.3 is 18.8 Å². The van der Waals surface area contributed by atoms with Crippen molar-refractivity contribution in [2.45, 2.75) is 5.51 Å². The summed E-state index contributed by atoms with van der Waals surface area (Å²) >= 11 is 0. The van der Waals surface area contributed by atoms with Gasteiger partial charge in [0.05, 0.1) is 25.2 Å². The molecule has 2 aromatic carbocycles. The van der Waals surface area contributed by atoms with E-state index < -0.39 is 37.7 Å². The topological polar surface area (TPSA) is 125 Å². The Morgan fingerprint density at radius 3 is 2.23 bits per heavy atom. The Kier molecular flexibility index (Phi) is 6.45. The van der Waals surface area contributed by atoms with Crippen molar-refractivity contribution in [3.8, 4) is 23.0 Å². The number of methoxy groups -OCH3 is 2. The maximum absolute atomic E-state index is 12.7. The Bertz CT molecular complexity index is 1100. The van der Waals surface area contributed by atoms with Crippen LogP contribution in [0, 0.1) is 10.1 Å². The molecule has 2 rings (SSSR count). The van der Waals surface area contributed by atoms with Crippen LogP contribution in [-0.2, 0) is 10.1 Å². The van der Waals surface area contributed by atoms with E-state index in [-0.39, 0.29) is 17.1 Å². The quantitative estimate of drug-likeness (QED) is 0.223. The number of nitro benzene ring substituents is 1. The maximum atomic E-state index is 12.7. The molecule has 9 nitrogen and oxygen atoms in total. The number of benzene rings is 2. The second kappa shape index (κ2) is 8.49. The molecule has 13 heteroatoms. The molecule has 0 aliphatic carbocycles. The molecule has 0 aliphatic rings. The van der Waals surface area contributed by atoms with E-state index in [1.165, 1.54) is 31.4 Å². The smallest absolute Gasteiger partial charge is 0.504 e. The van der Waals surface area contributed by atoms with Crippen molar-refractivity contribution in [1.82, 2.24) is 0 Å². The molecule has 0 heterocycles. The predicted molar refractivity (Wildman–Crippen MR) is 98.8 cm³/mol. The van der Waals surface area contributed by atoms with Gasteiger partial charge >= 0.3 is 15.6 Å². The maximum Gasteiger partial charge on any atom is 0.534 e. The molecule has 0 amide bonds. The molecule has 0 aliphatic heterocycles. The first-order valence-electron chi connectivity index (χ1n) is 7.82. The van der Waals surface area contributed by atoms with Crippen LogP contribution in [0.5, 0.6) is 23.0 Å². The number of ether oxygens (including phenoxy) is 2. The molecule has 0 radical (unpaired) electrons. The van der Waals surface area contributed by atoms with Gasteiger partial charge in [0.15, 0.2) is 23.0 Å². The zero-order valence-electron chi connectivity index (χ0n) is 15.3. The Balaban J connectivity index is 2.63. The van der Waals surface area contributed by atoms with Crippen molar-refractivity contribution >= 4 is 28.0 Å². The highest BCUT2D eigenvalue weighted by molar-refractivity contribution is 7.88. The lowest BCUT2D eigenvalue weighted by Gasteiger charge is -2.14. The highest BCUT2D eigenvalue weighted by Crippen LogP contribution is 2.40. The molecule has 1 N–H and O–H groups in total. The summed E-state index contributed by atoms with van der Waals surface area (Å²) in [5.74, 6) is -1.57. The number of phenols is 1. The van der Waals surface area contributed by atoms with Crippen molar-refractivity contribution in [3.63, 3.8) is 0 Å². The molecule has 0 unspecified atom stereocenters. The molecular formula is C17H14F3NO8S. The monoisotopic (exact) mass is 449 g/mol. The lowest BCUT2D eigenvalue weighted by molar-refractivity contribution is -0.385. The van der Waals surface area contributed by atoms with Crippen LogP contribution in [0.15, 0.2) is 30.3 Å². The first kappa shape index (κ1) is 22.8. The summed E-state index contributed by atoms with van der Waals surface area (Å²) < 4.78 is 75.1. The van der Waals surface area contributed by atoms with Crippen LogP contribution in [-0.4, -0.2) is 38.2 Å². The molecule has 0 fully saturated rings. The number of halogens is 3. The summed E-state index contributed by atoms with van der Waals surface area (Å²) in [5.41, 5.74) is -6.31. The zero-order valence-corrected chi connectivity index (χ0v) is 16.2. The molecule has 0 saturated carbocycles. The molecule has 0 aromatic heterocycles. The summed E-state index contributed by atoms with van der Waals surface area (Å²) in [6.07, 6.45) is 2.37. The van der Waals surface area contributed by atoms with E-state index in [0.29, 0.717) is 5.56 Å². The van der Waals surface area contributed by atoms with E-state index in [0.717, 1.165) is 25.3 Å². The Morgan fingerprint density at radius 1 is 1.07 bits per heavy atom. The van der Waals surface area contributed by atoms with Crippen LogP contribution in [0.4, 0.5) is 18.9 Å². The van der Waals surface area contributed by atoms with Gasteiger partial charge in [-0.25, -0.2) is 0 Å². The highest BCUT2D eigenvalue weighted by atomic mass is 32.2. The summed E-state index contributed by atoms with van der Waals surface area (Å²) in [6.45, 7) is 0. The molecule has 0 atom stereocenters. The largest absolute Gasteiger partial charge is 0.534 e. The van der Waals surface area contributed by atoms with E-state index in [1.807, 2.05) is 0 Å². The Morgan fingerprint density at radius 2 is 1.70 bits per heavy atom. The van der Waals surface area contributed by atoms with E-state index in [1.54, 1.807) is 0 Å². The molecule has 0 spiro atoms. The number of hydrogen-bond acceptors (Lipinski definition) is 8.